The number of ether oxygens (including phenoxy) is 1. The molecule has 0 aliphatic carbocycles. The number of hydrogen-bond acceptors (Lipinski definition) is 6. The second kappa shape index (κ2) is 10.3. The van der Waals surface area contributed by atoms with Gasteiger partial charge < -0.3 is 25.0 Å². The summed E-state index contributed by atoms with van der Waals surface area (Å²) < 4.78 is 5.57. The molecule has 2 aromatic rings. The molecule has 1 fully saturated rings. The number of anilines is 2. The van der Waals surface area contributed by atoms with Gasteiger partial charge in [-0.25, -0.2) is 9.78 Å². The van der Waals surface area contributed by atoms with Crippen molar-refractivity contribution < 1.29 is 14.6 Å². The topological polar surface area (TPSA) is 77.9 Å². The summed E-state index contributed by atoms with van der Waals surface area (Å²) in [4.78, 5) is 21.2. The molecule has 7 nitrogen and oxygen atoms in total. The highest BCUT2D eigenvalue weighted by Gasteiger charge is 2.39. The molecule has 4 rings (SSSR count). The third-order valence-corrected chi connectivity index (χ3v) is 7.60. The molecule has 3 unspecified atom stereocenters. The Morgan fingerprint density at radius 2 is 1.86 bits per heavy atom. The summed E-state index contributed by atoms with van der Waals surface area (Å²) in [5.41, 5.74) is 4.04. The maximum Gasteiger partial charge on any atom is 0.410 e. The van der Waals surface area contributed by atoms with Gasteiger partial charge in [0, 0.05) is 36.4 Å². The van der Waals surface area contributed by atoms with Crippen LogP contribution in [0.1, 0.15) is 83.2 Å². The molecule has 2 aliphatic rings. The monoisotopic (exact) mass is 494 g/mol. The molecule has 1 aromatic heterocycles. The molecule has 0 saturated carbocycles. The van der Waals surface area contributed by atoms with Crippen molar-refractivity contribution in [3.63, 3.8) is 0 Å². The number of nitrogens with zero attached hydrogens (tertiary/aromatic N) is 3. The molecule has 7 heteroatoms. The maximum atomic E-state index is 12.5. The largest absolute Gasteiger partial charge is 0.444 e. The lowest BCUT2D eigenvalue weighted by atomic mass is 9.80. The van der Waals surface area contributed by atoms with Crippen molar-refractivity contribution in [2.45, 2.75) is 91.1 Å². The molecule has 0 radical (unpaired) electrons. The Labute approximate surface area is 215 Å². The summed E-state index contributed by atoms with van der Waals surface area (Å²) in [6.45, 7) is 15.4. The van der Waals surface area contributed by atoms with Gasteiger partial charge in [0.25, 0.3) is 0 Å². The first-order valence-corrected chi connectivity index (χ1v) is 13.2. The Bertz CT molecular complexity index is 1070. The molecule has 196 valence electrons. The van der Waals surface area contributed by atoms with Gasteiger partial charge in [0.2, 0.25) is 0 Å². The number of nitrogens with one attached hydrogen (secondary N) is 1. The normalized spacial score (nSPS) is 23.7. The third-order valence-electron chi connectivity index (χ3n) is 7.60. The highest BCUT2D eigenvalue weighted by molar-refractivity contribution is 5.68. The number of piperidine rings is 1. The van der Waals surface area contributed by atoms with E-state index in [9.17, 15) is 9.90 Å². The first kappa shape index (κ1) is 26.3. The zero-order valence-electron chi connectivity index (χ0n) is 22.8. The van der Waals surface area contributed by atoms with Crippen molar-refractivity contribution in [2.75, 3.05) is 23.3 Å². The lowest BCUT2D eigenvalue weighted by Crippen LogP contribution is -2.50. The second-order valence-electron chi connectivity index (χ2n) is 11.5. The van der Waals surface area contributed by atoms with E-state index in [1.165, 1.54) is 11.1 Å². The molecule has 1 saturated heterocycles. The van der Waals surface area contributed by atoms with E-state index in [4.69, 9.17) is 9.72 Å². The highest BCUT2D eigenvalue weighted by atomic mass is 16.6. The van der Waals surface area contributed by atoms with Gasteiger partial charge in [-0.3, -0.25) is 0 Å². The molecule has 0 bridgehead atoms. The summed E-state index contributed by atoms with van der Waals surface area (Å²) in [6, 6.07) is 13.0. The van der Waals surface area contributed by atoms with Crippen LogP contribution in [0.3, 0.4) is 0 Å². The van der Waals surface area contributed by atoms with Crippen LogP contribution < -0.4 is 10.2 Å². The minimum atomic E-state index is -0.581. The van der Waals surface area contributed by atoms with Gasteiger partial charge in [-0.1, -0.05) is 25.1 Å². The summed E-state index contributed by atoms with van der Waals surface area (Å²) in [6.07, 6.45) is 1.00. The Balaban J connectivity index is 1.60. The minimum Gasteiger partial charge on any atom is -0.444 e. The van der Waals surface area contributed by atoms with Crippen molar-refractivity contribution in [3.05, 3.63) is 53.2 Å². The second-order valence-corrected chi connectivity index (χ2v) is 11.5. The molecule has 4 atom stereocenters. The van der Waals surface area contributed by atoms with Crippen LogP contribution in [-0.2, 0) is 4.74 Å². The zero-order chi connectivity index (χ0) is 26.2. The molecule has 2 aliphatic heterocycles. The van der Waals surface area contributed by atoms with Gasteiger partial charge >= 0.3 is 6.09 Å². The summed E-state index contributed by atoms with van der Waals surface area (Å²) in [5.74, 6) is 1.49. The zero-order valence-corrected chi connectivity index (χ0v) is 22.8. The minimum absolute atomic E-state index is 0.0705. The predicted molar refractivity (Wildman–Crippen MR) is 144 cm³/mol. The van der Waals surface area contributed by atoms with E-state index < -0.39 is 11.8 Å². The van der Waals surface area contributed by atoms with Crippen LogP contribution in [0.25, 0.3) is 0 Å². The molecule has 0 spiro atoms. The number of pyridine rings is 1. The van der Waals surface area contributed by atoms with Crippen molar-refractivity contribution >= 4 is 17.6 Å². The number of likely N-dealkylation sites (tertiary alicyclic amines) is 1. The van der Waals surface area contributed by atoms with Gasteiger partial charge in [0.15, 0.2) is 0 Å². The van der Waals surface area contributed by atoms with Crippen LogP contribution >= 0.6 is 0 Å². The number of aliphatic hydroxyl groups is 1. The average Bonchev–Trinajstić information content (AvgIpc) is 2.81. The predicted octanol–water partition coefficient (Wildman–Crippen LogP) is 5.84. The molecule has 2 N–H and O–H groups in total. The molecule has 1 amide bonds. The number of rotatable bonds is 4. The lowest BCUT2D eigenvalue weighted by Gasteiger charge is -2.47. The Hall–Kier alpha value is -2.80. The highest BCUT2D eigenvalue weighted by Crippen LogP contribution is 2.44. The van der Waals surface area contributed by atoms with E-state index in [0.29, 0.717) is 19.0 Å². The smallest absolute Gasteiger partial charge is 0.410 e. The Morgan fingerprint density at radius 1 is 1.17 bits per heavy atom. The first-order chi connectivity index (χ1) is 16.9. The number of hydrogen-bond donors (Lipinski definition) is 2. The number of carbonyl (C=O) groups excluding carboxylic acids is 1. The number of benzene rings is 1. The van der Waals surface area contributed by atoms with E-state index in [1.54, 1.807) is 0 Å². The quantitative estimate of drug-likeness (QED) is 0.556. The van der Waals surface area contributed by atoms with E-state index >= 15 is 0 Å². The fraction of sp³-hybridized carbons (Fsp3) is 0.586. The van der Waals surface area contributed by atoms with Crippen molar-refractivity contribution in [1.29, 1.82) is 0 Å². The third kappa shape index (κ3) is 5.61. The van der Waals surface area contributed by atoms with E-state index in [-0.39, 0.29) is 24.1 Å². The van der Waals surface area contributed by atoms with Crippen LogP contribution in [0.5, 0.6) is 0 Å². The van der Waals surface area contributed by atoms with Gasteiger partial charge in [-0.15, -0.1) is 0 Å². The molecule has 1 aromatic carbocycles. The number of carbonyl (C=O) groups is 1. The van der Waals surface area contributed by atoms with Crippen LogP contribution in [0.2, 0.25) is 0 Å². The van der Waals surface area contributed by atoms with Gasteiger partial charge in [-0.2, -0.15) is 0 Å². The number of aryl methyl sites for hydroxylation is 1. The number of fused-ring (bicyclic) bond motifs is 1. The average molecular weight is 495 g/mol. The lowest BCUT2D eigenvalue weighted by molar-refractivity contribution is 0.0205. The Morgan fingerprint density at radius 3 is 2.47 bits per heavy atom. The maximum absolute atomic E-state index is 12.5. The van der Waals surface area contributed by atoms with Crippen LogP contribution in [0.4, 0.5) is 16.3 Å². The summed E-state index contributed by atoms with van der Waals surface area (Å²) >= 11 is 0. The van der Waals surface area contributed by atoms with Crippen LogP contribution in [0, 0.1) is 12.8 Å². The summed E-state index contributed by atoms with van der Waals surface area (Å²) in [7, 11) is 0. The fourth-order valence-corrected chi connectivity index (χ4v) is 5.60. The molecule has 36 heavy (non-hydrogen) atoms. The SMILES string of the molecule is Cc1cccc(NC2c3cc(C4CCN(C(=O)OC(C)(C)C)CC4)ccc3N(C(C)O)[C@@H](C)C2C)n1. The van der Waals surface area contributed by atoms with Crippen molar-refractivity contribution in [3.8, 4) is 0 Å². The Kier molecular flexibility index (Phi) is 7.51. The molecule has 3 heterocycles. The van der Waals surface area contributed by atoms with Gasteiger partial charge in [0.05, 0.1) is 6.04 Å². The molecular weight excluding hydrogens is 452 g/mol. The van der Waals surface area contributed by atoms with Crippen LogP contribution in [0.15, 0.2) is 36.4 Å². The first-order valence-electron chi connectivity index (χ1n) is 13.2. The van der Waals surface area contributed by atoms with E-state index in [1.807, 2.05) is 57.7 Å². The van der Waals surface area contributed by atoms with Crippen LogP contribution in [-0.4, -0.2) is 52.0 Å². The molecular formula is C29H42N4O3. The van der Waals surface area contributed by atoms with Gasteiger partial charge in [-0.05, 0) is 89.6 Å². The standard InChI is InChI=1S/C29H42N4O3/c1-18-9-8-10-26(30-18)31-27-19(2)20(3)33(21(4)34)25-12-11-23(17-24(25)27)22-13-15-32(16-14-22)28(35)36-29(5,6)7/h8-12,17,19-22,27,34H,13-16H2,1-7H3,(H,30,31)/t19?,20-,21?,27?/m0/s1. The van der Waals surface area contributed by atoms with Crippen molar-refractivity contribution in [1.82, 2.24) is 9.88 Å². The number of aliphatic hydroxyl groups excluding tert-OH is 1. The van der Waals surface area contributed by atoms with Crippen molar-refractivity contribution in [2.24, 2.45) is 5.92 Å². The number of amides is 1. The number of aromatic nitrogens is 1. The van der Waals surface area contributed by atoms with E-state index in [2.05, 4.69) is 42.3 Å². The fourth-order valence-electron chi connectivity index (χ4n) is 5.60. The summed E-state index contributed by atoms with van der Waals surface area (Å²) in [5, 5.41) is 14.4. The van der Waals surface area contributed by atoms with Gasteiger partial charge in [0.1, 0.15) is 17.6 Å². The van der Waals surface area contributed by atoms with E-state index in [0.717, 1.165) is 30.0 Å².